The highest BCUT2D eigenvalue weighted by Gasteiger charge is 2.16. The van der Waals surface area contributed by atoms with Gasteiger partial charge in [0.1, 0.15) is 5.52 Å². The number of aromatic nitrogens is 5. The highest BCUT2D eigenvalue weighted by Crippen LogP contribution is 2.39. The molecule has 0 atom stereocenters. The third-order valence-electron chi connectivity index (χ3n) is 8.99. The molecule has 0 bridgehead atoms. The molecule has 6 heteroatoms. The predicted octanol–water partition coefficient (Wildman–Crippen LogP) is 11.1. The van der Waals surface area contributed by atoms with Crippen LogP contribution in [0.5, 0.6) is 0 Å². The third-order valence-corrected chi connectivity index (χ3v) is 8.99. The summed E-state index contributed by atoms with van der Waals surface area (Å²) in [5.41, 5.74) is 15.0. The van der Waals surface area contributed by atoms with E-state index in [0.717, 1.165) is 83.4 Å². The Morgan fingerprint density at radius 2 is 0.647 bits per heavy atom. The van der Waals surface area contributed by atoms with Crippen LogP contribution in [0, 0.1) is 0 Å². The van der Waals surface area contributed by atoms with Gasteiger partial charge < -0.3 is 4.42 Å². The van der Waals surface area contributed by atoms with E-state index in [1.807, 2.05) is 73.3 Å². The Morgan fingerprint density at radius 3 is 0.980 bits per heavy atom. The van der Waals surface area contributed by atoms with Crippen molar-refractivity contribution in [1.29, 1.82) is 0 Å². The van der Waals surface area contributed by atoms with Gasteiger partial charge in [-0.25, -0.2) is 4.98 Å². The van der Waals surface area contributed by atoms with Gasteiger partial charge >= 0.3 is 0 Å². The van der Waals surface area contributed by atoms with Crippen molar-refractivity contribution in [2.75, 3.05) is 0 Å². The maximum atomic E-state index is 6.36. The minimum Gasteiger partial charge on any atom is -0.436 e. The van der Waals surface area contributed by atoms with Crippen molar-refractivity contribution in [2.24, 2.45) is 0 Å². The topological polar surface area (TPSA) is 77.6 Å². The molecule has 0 aliphatic carbocycles. The summed E-state index contributed by atoms with van der Waals surface area (Å²) in [4.78, 5) is 22.6. The highest BCUT2D eigenvalue weighted by atomic mass is 16.3. The van der Waals surface area contributed by atoms with E-state index in [4.69, 9.17) is 9.40 Å². The van der Waals surface area contributed by atoms with Crippen LogP contribution in [0.25, 0.3) is 89.3 Å². The lowest BCUT2D eigenvalue weighted by Crippen LogP contribution is -1.91. The molecule has 4 aromatic carbocycles. The second-order valence-electron chi connectivity index (χ2n) is 12.4. The zero-order valence-electron chi connectivity index (χ0n) is 27.4. The van der Waals surface area contributed by atoms with E-state index in [0.29, 0.717) is 5.89 Å². The molecule has 5 aromatic heterocycles. The van der Waals surface area contributed by atoms with Gasteiger partial charge in [-0.15, -0.1) is 0 Å². The fourth-order valence-electron chi connectivity index (χ4n) is 6.47. The summed E-state index contributed by atoms with van der Waals surface area (Å²) in [5, 5.41) is 0. The normalized spacial score (nSPS) is 11.1. The molecule has 5 heterocycles. The van der Waals surface area contributed by atoms with E-state index in [9.17, 15) is 0 Å². The number of rotatable bonds is 7. The molecule has 0 unspecified atom stereocenters. The predicted molar refractivity (Wildman–Crippen MR) is 203 cm³/mol. The number of benzene rings is 4. The highest BCUT2D eigenvalue weighted by molar-refractivity contribution is 5.88. The van der Waals surface area contributed by atoms with Gasteiger partial charge in [0.2, 0.25) is 5.89 Å². The van der Waals surface area contributed by atoms with Crippen LogP contribution >= 0.6 is 0 Å². The van der Waals surface area contributed by atoms with Crippen molar-refractivity contribution in [3.8, 4) is 78.2 Å². The molecule has 51 heavy (non-hydrogen) atoms. The Bertz CT molecular complexity index is 2330. The smallest absolute Gasteiger partial charge is 0.227 e. The van der Waals surface area contributed by atoms with E-state index >= 15 is 0 Å². The van der Waals surface area contributed by atoms with E-state index < -0.39 is 0 Å². The second-order valence-corrected chi connectivity index (χ2v) is 12.4. The summed E-state index contributed by atoms with van der Waals surface area (Å²) in [5.74, 6) is 0.561. The minimum atomic E-state index is 0.561. The first kappa shape index (κ1) is 30.0. The average molecular weight is 656 g/mol. The van der Waals surface area contributed by atoms with E-state index in [1.165, 1.54) is 0 Å². The largest absolute Gasteiger partial charge is 0.436 e. The fraction of sp³-hybridized carbons (Fsp3) is 0. The molecular weight excluding hydrogens is 627 g/mol. The zero-order chi connectivity index (χ0) is 34.0. The van der Waals surface area contributed by atoms with Gasteiger partial charge in [0.25, 0.3) is 0 Å². The van der Waals surface area contributed by atoms with Gasteiger partial charge in [-0.1, -0.05) is 36.4 Å². The van der Waals surface area contributed by atoms with Crippen LogP contribution in [0.15, 0.2) is 181 Å². The van der Waals surface area contributed by atoms with E-state index in [1.54, 1.807) is 24.8 Å². The van der Waals surface area contributed by atoms with Crippen molar-refractivity contribution < 1.29 is 4.42 Å². The molecule has 0 aliphatic heterocycles. The van der Waals surface area contributed by atoms with Crippen LogP contribution in [0.3, 0.4) is 0 Å². The van der Waals surface area contributed by atoms with Crippen molar-refractivity contribution in [2.45, 2.75) is 0 Å². The molecule has 0 spiro atoms. The lowest BCUT2D eigenvalue weighted by atomic mass is 9.90. The SMILES string of the molecule is c1cncc(-c2cc(-c3cccnc3)cc(-c3cc(-c4cc(-c5cccnc5)cc(-c5cccnc5)c4)cc(-c4nc5ccccc5o4)c3)c2)c1. The molecule has 0 radical (unpaired) electrons. The standard InChI is InChI=1S/C45H29N5O/c1-2-12-44-43(11-1)50-45(51-44)42-24-40(38-19-34(30-7-3-13-46-26-30)17-35(20-38)31-8-4-14-47-27-31)23-41(25-42)39-21-36(32-9-5-15-48-28-32)18-37(22-39)33-10-6-16-49-29-33/h1-29H. The lowest BCUT2D eigenvalue weighted by Gasteiger charge is -2.15. The van der Waals surface area contributed by atoms with Crippen molar-refractivity contribution in [3.05, 3.63) is 177 Å². The van der Waals surface area contributed by atoms with Crippen LogP contribution in [0.2, 0.25) is 0 Å². The Hall–Kier alpha value is -7.05. The molecule has 0 fully saturated rings. The maximum absolute atomic E-state index is 6.36. The number of hydrogen-bond donors (Lipinski definition) is 0. The quantitative estimate of drug-likeness (QED) is 0.170. The van der Waals surface area contributed by atoms with Gasteiger partial charge in [-0.05, 0) is 136 Å². The average Bonchev–Trinajstić information content (AvgIpc) is 3.66. The molecule has 0 N–H and O–H groups in total. The van der Waals surface area contributed by atoms with Gasteiger partial charge in [0, 0.05) is 77.4 Å². The number of nitrogens with zero attached hydrogens (tertiary/aromatic N) is 5. The molecule has 6 nitrogen and oxygen atoms in total. The van der Waals surface area contributed by atoms with Gasteiger partial charge in [-0.3, -0.25) is 19.9 Å². The summed E-state index contributed by atoms with van der Waals surface area (Å²) in [6, 6.07) is 43.9. The first-order valence-corrected chi connectivity index (χ1v) is 16.7. The van der Waals surface area contributed by atoms with Gasteiger partial charge in [0.05, 0.1) is 0 Å². The van der Waals surface area contributed by atoms with Crippen LogP contribution in [0.1, 0.15) is 0 Å². The molecule has 9 rings (SSSR count). The molecule has 0 saturated carbocycles. The van der Waals surface area contributed by atoms with E-state index in [-0.39, 0.29) is 0 Å². The number of hydrogen-bond acceptors (Lipinski definition) is 6. The van der Waals surface area contributed by atoms with Crippen LogP contribution < -0.4 is 0 Å². The maximum Gasteiger partial charge on any atom is 0.227 e. The molecule has 9 aromatic rings. The number of para-hydroxylation sites is 2. The molecule has 0 amide bonds. The van der Waals surface area contributed by atoms with E-state index in [2.05, 4.69) is 98.8 Å². The number of oxazole rings is 1. The van der Waals surface area contributed by atoms with Crippen molar-refractivity contribution >= 4 is 11.1 Å². The monoisotopic (exact) mass is 655 g/mol. The summed E-state index contributed by atoms with van der Waals surface area (Å²) in [6.45, 7) is 0. The molecule has 0 saturated heterocycles. The molecule has 240 valence electrons. The Morgan fingerprint density at radius 1 is 0.314 bits per heavy atom. The first-order valence-electron chi connectivity index (χ1n) is 16.7. The van der Waals surface area contributed by atoms with Crippen LogP contribution in [-0.2, 0) is 0 Å². The van der Waals surface area contributed by atoms with Gasteiger partial charge in [-0.2, -0.15) is 0 Å². The first-order chi connectivity index (χ1) is 25.2. The lowest BCUT2D eigenvalue weighted by molar-refractivity contribution is 0.620. The number of pyridine rings is 4. The zero-order valence-corrected chi connectivity index (χ0v) is 27.4. The third kappa shape index (κ3) is 6.18. The molecular formula is C45H29N5O. The minimum absolute atomic E-state index is 0.561. The Kier molecular flexibility index (Phi) is 7.72. The van der Waals surface area contributed by atoms with Crippen molar-refractivity contribution in [3.63, 3.8) is 0 Å². The Balaban J connectivity index is 1.29. The second kappa shape index (κ2) is 13.1. The van der Waals surface area contributed by atoms with Crippen LogP contribution in [-0.4, -0.2) is 24.9 Å². The molecule has 0 aliphatic rings. The summed E-state index contributed by atoms with van der Waals surface area (Å²) in [6.07, 6.45) is 14.8. The summed E-state index contributed by atoms with van der Waals surface area (Å²) >= 11 is 0. The fourth-order valence-corrected chi connectivity index (χ4v) is 6.47. The van der Waals surface area contributed by atoms with Crippen LogP contribution in [0.4, 0.5) is 0 Å². The summed E-state index contributed by atoms with van der Waals surface area (Å²) < 4.78 is 6.36. The summed E-state index contributed by atoms with van der Waals surface area (Å²) in [7, 11) is 0. The van der Waals surface area contributed by atoms with Gasteiger partial charge in [0.15, 0.2) is 5.58 Å². The Labute approximate surface area is 294 Å². The number of fused-ring (bicyclic) bond motifs is 1. The van der Waals surface area contributed by atoms with Crippen molar-refractivity contribution in [1.82, 2.24) is 24.9 Å².